The summed E-state index contributed by atoms with van der Waals surface area (Å²) in [7, 11) is 0. The van der Waals surface area contributed by atoms with E-state index in [9.17, 15) is 18.0 Å². The molecule has 4 rings (SSSR count). The van der Waals surface area contributed by atoms with E-state index in [4.69, 9.17) is 0 Å². The van der Waals surface area contributed by atoms with Crippen LogP contribution < -0.4 is 5.32 Å². The number of imidazole rings is 1. The SMILES string of the molecule is CCN(CC)CCc1nnc(-c2ccn3c(-c4cccc(NC(=O)CCC(F)(F)F)c4)cnc3c2)s1. The summed E-state index contributed by atoms with van der Waals surface area (Å²) in [5.41, 5.74) is 3.65. The van der Waals surface area contributed by atoms with Crippen LogP contribution in [0.4, 0.5) is 18.9 Å². The number of pyridine rings is 1. The van der Waals surface area contributed by atoms with Crippen LogP contribution >= 0.6 is 11.3 Å². The molecule has 1 aromatic carbocycles. The van der Waals surface area contributed by atoms with Crippen molar-refractivity contribution in [3.63, 3.8) is 0 Å². The van der Waals surface area contributed by atoms with Crippen molar-refractivity contribution < 1.29 is 18.0 Å². The van der Waals surface area contributed by atoms with Gasteiger partial charge >= 0.3 is 6.18 Å². The normalized spacial score (nSPS) is 11.9. The standard InChI is InChI=1S/C25H27F3N6OS/c1-3-33(4-2)12-10-23-31-32-24(36-23)18-9-13-34-20(16-29-21(34)15-18)17-6-5-7-19(14-17)30-22(35)8-11-25(26,27)28/h5-7,9,13-16H,3-4,8,10-12H2,1-2H3,(H,30,35). The highest BCUT2D eigenvalue weighted by molar-refractivity contribution is 7.14. The molecular weight excluding hydrogens is 489 g/mol. The molecule has 4 aromatic rings. The van der Waals surface area contributed by atoms with Gasteiger partial charge in [-0.1, -0.05) is 37.3 Å². The summed E-state index contributed by atoms with van der Waals surface area (Å²) in [5, 5.41) is 13.1. The fourth-order valence-electron chi connectivity index (χ4n) is 3.83. The van der Waals surface area contributed by atoms with E-state index >= 15 is 0 Å². The van der Waals surface area contributed by atoms with Crippen LogP contribution in [-0.2, 0) is 11.2 Å². The number of rotatable bonds is 10. The number of carbonyl (C=O) groups excluding carboxylic acids is 1. The Labute approximate surface area is 211 Å². The Bertz CT molecular complexity index is 1330. The first kappa shape index (κ1) is 25.8. The molecule has 7 nitrogen and oxygen atoms in total. The van der Waals surface area contributed by atoms with Gasteiger partial charge in [-0.3, -0.25) is 9.20 Å². The highest BCUT2D eigenvalue weighted by Gasteiger charge is 2.27. The van der Waals surface area contributed by atoms with Crippen LogP contribution in [0.3, 0.4) is 0 Å². The molecule has 190 valence electrons. The van der Waals surface area contributed by atoms with E-state index < -0.39 is 24.9 Å². The minimum Gasteiger partial charge on any atom is -0.326 e. The highest BCUT2D eigenvalue weighted by atomic mass is 32.1. The predicted octanol–water partition coefficient (Wildman–Crippen LogP) is 5.69. The molecule has 0 radical (unpaired) electrons. The molecule has 3 heterocycles. The van der Waals surface area contributed by atoms with E-state index in [0.29, 0.717) is 5.69 Å². The van der Waals surface area contributed by atoms with Crippen LogP contribution in [-0.4, -0.2) is 56.2 Å². The third kappa shape index (κ3) is 6.46. The first-order valence-corrected chi connectivity index (χ1v) is 12.6. The lowest BCUT2D eigenvalue weighted by molar-refractivity contribution is -0.142. The zero-order chi connectivity index (χ0) is 25.7. The Kier molecular flexibility index (Phi) is 8.00. The molecule has 0 bridgehead atoms. The van der Waals surface area contributed by atoms with Crippen LogP contribution in [0.1, 0.15) is 31.7 Å². The smallest absolute Gasteiger partial charge is 0.326 e. The molecule has 0 saturated carbocycles. The lowest BCUT2D eigenvalue weighted by Gasteiger charge is -2.16. The first-order valence-electron chi connectivity index (χ1n) is 11.7. The van der Waals surface area contributed by atoms with Gasteiger partial charge in [0.25, 0.3) is 0 Å². The maximum absolute atomic E-state index is 12.4. The van der Waals surface area contributed by atoms with Gasteiger partial charge in [0.1, 0.15) is 15.7 Å². The van der Waals surface area contributed by atoms with Crippen molar-refractivity contribution >= 4 is 28.6 Å². The van der Waals surface area contributed by atoms with Crippen LogP contribution in [0.15, 0.2) is 48.8 Å². The number of anilines is 1. The summed E-state index contributed by atoms with van der Waals surface area (Å²) >= 11 is 1.58. The average molecular weight is 517 g/mol. The Hall–Kier alpha value is -3.31. The van der Waals surface area contributed by atoms with Crippen LogP contribution in [0, 0.1) is 0 Å². The minimum absolute atomic E-state index is 0.428. The van der Waals surface area contributed by atoms with Gasteiger partial charge in [0, 0.05) is 42.4 Å². The molecule has 36 heavy (non-hydrogen) atoms. The largest absolute Gasteiger partial charge is 0.389 e. The third-order valence-corrected chi connectivity index (χ3v) is 6.87. The summed E-state index contributed by atoms with van der Waals surface area (Å²) in [4.78, 5) is 18.8. The lowest BCUT2D eigenvalue weighted by atomic mass is 10.1. The number of benzene rings is 1. The number of carbonyl (C=O) groups is 1. The van der Waals surface area contributed by atoms with Crippen molar-refractivity contribution in [1.82, 2.24) is 24.5 Å². The fraction of sp³-hybridized carbons (Fsp3) is 0.360. The molecule has 0 aliphatic carbocycles. The van der Waals surface area contributed by atoms with Crippen molar-refractivity contribution in [3.8, 4) is 21.8 Å². The quantitative estimate of drug-likeness (QED) is 0.293. The molecule has 0 saturated heterocycles. The number of nitrogens with one attached hydrogen (secondary N) is 1. The second kappa shape index (κ2) is 11.2. The Morgan fingerprint density at radius 1 is 1.11 bits per heavy atom. The van der Waals surface area contributed by atoms with Crippen LogP contribution in [0.2, 0.25) is 0 Å². The maximum atomic E-state index is 12.4. The zero-order valence-electron chi connectivity index (χ0n) is 20.0. The van der Waals surface area contributed by atoms with Gasteiger partial charge < -0.3 is 10.2 Å². The van der Waals surface area contributed by atoms with Gasteiger partial charge in [0.15, 0.2) is 0 Å². The summed E-state index contributed by atoms with van der Waals surface area (Å²) in [6.45, 7) is 7.26. The number of fused-ring (bicyclic) bond motifs is 1. The summed E-state index contributed by atoms with van der Waals surface area (Å²) in [6.07, 6.45) is -1.65. The number of hydrogen-bond donors (Lipinski definition) is 1. The second-order valence-electron chi connectivity index (χ2n) is 8.31. The van der Waals surface area contributed by atoms with Gasteiger partial charge in [-0.05, 0) is 37.4 Å². The summed E-state index contributed by atoms with van der Waals surface area (Å²) in [5.74, 6) is -0.680. The molecule has 1 N–H and O–H groups in total. The van der Waals surface area contributed by atoms with Gasteiger partial charge in [0.2, 0.25) is 5.91 Å². The monoisotopic (exact) mass is 516 g/mol. The first-order chi connectivity index (χ1) is 17.3. The van der Waals surface area contributed by atoms with E-state index in [2.05, 4.69) is 39.2 Å². The van der Waals surface area contributed by atoms with Crippen molar-refractivity contribution in [1.29, 1.82) is 0 Å². The Balaban J connectivity index is 1.48. The number of aromatic nitrogens is 4. The van der Waals surface area contributed by atoms with Gasteiger partial charge in [0.05, 0.1) is 18.3 Å². The van der Waals surface area contributed by atoms with E-state index in [0.717, 1.165) is 58.5 Å². The van der Waals surface area contributed by atoms with Crippen molar-refractivity contribution in [3.05, 3.63) is 53.8 Å². The second-order valence-corrected chi connectivity index (χ2v) is 9.37. The lowest BCUT2D eigenvalue weighted by Crippen LogP contribution is -2.25. The fourth-order valence-corrected chi connectivity index (χ4v) is 4.65. The van der Waals surface area contributed by atoms with E-state index in [1.807, 2.05) is 28.8 Å². The number of alkyl halides is 3. The number of amides is 1. The minimum atomic E-state index is -4.36. The molecular formula is C25H27F3N6OS. The molecule has 3 aromatic heterocycles. The number of likely N-dealkylation sites (N-methyl/N-ethyl adjacent to an activating group) is 1. The van der Waals surface area contributed by atoms with E-state index in [1.165, 1.54) is 0 Å². The van der Waals surface area contributed by atoms with E-state index in [-0.39, 0.29) is 0 Å². The molecule has 0 unspecified atom stereocenters. The van der Waals surface area contributed by atoms with Gasteiger partial charge in [-0.25, -0.2) is 4.98 Å². The molecule has 0 spiro atoms. The van der Waals surface area contributed by atoms with Gasteiger partial charge in [-0.15, -0.1) is 10.2 Å². The number of nitrogens with zero attached hydrogens (tertiary/aromatic N) is 5. The van der Waals surface area contributed by atoms with Crippen LogP contribution in [0.25, 0.3) is 27.5 Å². The predicted molar refractivity (Wildman–Crippen MR) is 135 cm³/mol. The topological polar surface area (TPSA) is 75.4 Å². The summed E-state index contributed by atoms with van der Waals surface area (Å²) < 4.78 is 39.1. The van der Waals surface area contributed by atoms with Crippen molar-refractivity contribution in [2.75, 3.05) is 25.0 Å². The molecule has 0 atom stereocenters. The average Bonchev–Trinajstić information content (AvgIpc) is 3.50. The maximum Gasteiger partial charge on any atom is 0.389 e. The summed E-state index contributed by atoms with van der Waals surface area (Å²) in [6, 6.07) is 10.9. The van der Waals surface area contributed by atoms with E-state index in [1.54, 1.807) is 35.7 Å². The highest BCUT2D eigenvalue weighted by Crippen LogP contribution is 2.29. The Morgan fingerprint density at radius 2 is 1.92 bits per heavy atom. The van der Waals surface area contributed by atoms with Crippen LogP contribution in [0.5, 0.6) is 0 Å². The molecule has 11 heteroatoms. The number of halogens is 3. The van der Waals surface area contributed by atoms with Gasteiger partial charge in [-0.2, -0.15) is 13.2 Å². The third-order valence-electron chi connectivity index (χ3n) is 5.84. The zero-order valence-corrected chi connectivity index (χ0v) is 20.9. The van der Waals surface area contributed by atoms with Crippen molar-refractivity contribution in [2.45, 2.75) is 39.3 Å². The molecule has 0 aliphatic heterocycles. The van der Waals surface area contributed by atoms with Crippen molar-refractivity contribution in [2.24, 2.45) is 0 Å². The Morgan fingerprint density at radius 3 is 2.67 bits per heavy atom. The molecule has 0 fully saturated rings. The number of hydrogen-bond acceptors (Lipinski definition) is 6. The molecule has 1 amide bonds. The molecule has 0 aliphatic rings.